The molecule has 0 unspecified atom stereocenters. The molecule has 1 aromatic heterocycles. The van der Waals surface area contributed by atoms with E-state index in [9.17, 15) is 0 Å². The number of rotatable bonds is 8. The van der Waals surface area contributed by atoms with Gasteiger partial charge in [0, 0.05) is 38.9 Å². The van der Waals surface area contributed by atoms with Crippen molar-refractivity contribution in [3.8, 4) is 27.9 Å². The molecule has 0 atom stereocenters. The Bertz CT molecular complexity index is 2790. The lowest BCUT2D eigenvalue weighted by molar-refractivity contribution is 1.17. The minimum atomic E-state index is 1.08. The van der Waals surface area contributed by atoms with Gasteiger partial charge in [0.1, 0.15) is 0 Å². The SMILES string of the molecule is C=C/C=C\c1cc(-c2ccc(N(c3ccc(-c4ccccc4)cc3)c3cccc(-n4c5ccccc5c5ccc6ccccc6c54)c3)cc2)ccc1C. The van der Waals surface area contributed by atoms with Crippen molar-refractivity contribution in [2.45, 2.75) is 6.92 Å². The number of hydrogen-bond donors (Lipinski definition) is 0. The standard InChI is InChI=1S/C51H38N2/c1-3-4-13-41-34-42(23-22-36(41)2)39-26-31-44(32-27-39)52(43-29-24-38(25-30-43)37-14-6-5-7-15-37)45-17-12-18-46(35-45)53-50-21-11-10-20-48(50)49-33-28-40-16-8-9-19-47(40)51(49)53/h3-35H,1H2,2H3/b13-4-. The molecule has 0 radical (unpaired) electrons. The number of para-hydroxylation sites is 1. The lowest BCUT2D eigenvalue weighted by Gasteiger charge is -2.27. The maximum atomic E-state index is 3.85. The lowest BCUT2D eigenvalue weighted by atomic mass is 9.99. The Morgan fingerprint density at radius 2 is 1.13 bits per heavy atom. The van der Waals surface area contributed by atoms with Gasteiger partial charge in [-0.3, -0.25) is 0 Å². The van der Waals surface area contributed by atoms with Crippen LogP contribution < -0.4 is 4.90 Å². The van der Waals surface area contributed by atoms with E-state index in [4.69, 9.17) is 0 Å². The molecule has 9 aromatic rings. The molecule has 53 heavy (non-hydrogen) atoms. The van der Waals surface area contributed by atoms with E-state index < -0.39 is 0 Å². The Labute approximate surface area is 310 Å². The summed E-state index contributed by atoms with van der Waals surface area (Å²) in [6, 6.07) is 66.0. The molecule has 9 rings (SSSR count). The van der Waals surface area contributed by atoms with Crippen LogP contribution in [0.3, 0.4) is 0 Å². The number of allylic oxidation sites excluding steroid dienone is 2. The van der Waals surface area contributed by atoms with Crippen molar-refractivity contribution < 1.29 is 0 Å². The van der Waals surface area contributed by atoms with Crippen molar-refractivity contribution in [2.24, 2.45) is 0 Å². The van der Waals surface area contributed by atoms with Gasteiger partial charge >= 0.3 is 0 Å². The Morgan fingerprint density at radius 3 is 1.89 bits per heavy atom. The van der Waals surface area contributed by atoms with Crippen LogP contribution in [0, 0.1) is 6.92 Å². The molecule has 0 N–H and O–H groups in total. The maximum absolute atomic E-state index is 3.85. The molecule has 8 aromatic carbocycles. The van der Waals surface area contributed by atoms with Crippen molar-refractivity contribution in [3.05, 3.63) is 212 Å². The lowest BCUT2D eigenvalue weighted by Crippen LogP contribution is -2.10. The number of benzene rings is 8. The van der Waals surface area contributed by atoms with Gasteiger partial charge in [0.25, 0.3) is 0 Å². The molecular formula is C51H38N2. The summed E-state index contributed by atoms with van der Waals surface area (Å²) >= 11 is 0. The molecule has 252 valence electrons. The summed E-state index contributed by atoms with van der Waals surface area (Å²) in [6.45, 7) is 5.99. The molecule has 1 heterocycles. The fourth-order valence-electron chi connectivity index (χ4n) is 7.62. The summed E-state index contributed by atoms with van der Waals surface area (Å²) in [5.74, 6) is 0. The second kappa shape index (κ2) is 13.7. The molecule has 0 spiro atoms. The summed E-state index contributed by atoms with van der Waals surface area (Å²) in [5, 5.41) is 4.99. The van der Waals surface area contributed by atoms with Crippen LogP contribution in [0.2, 0.25) is 0 Å². The molecule has 0 aliphatic carbocycles. The molecular weight excluding hydrogens is 641 g/mol. The van der Waals surface area contributed by atoms with E-state index in [-0.39, 0.29) is 0 Å². The number of nitrogens with zero attached hydrogens (tertiary/aromatic N) is 2. The molecule has 2 nitrogen and oxygen atoms in total. The topological polar surface area (TPSA) is 8.17 Å². The van der Waals surface area contributed by atoms with Crippen molar-refractivity contribution in [1.82, 2.24) is 4.57 Å². The number of hydrogen-bond acceptors (Lipinski definition) is 1. The highest BCUT2D eigenvalue weighted by Crippen LogP contribution is 2.40. The van der Waals surface area contributed by atoms with Crippen LogP contribution in [-0.2, 0) is 0 Å². The van der Waals surface area contributed by atoms with E-state index in [1.165, 1.54) is 66.0 Å². The first-order valence-electron chi connectivity index (χ1n) is 18.1. The van der Waals surface area contributed by atoms with Crippen LogP contribution in [0.5, 0.6) is 0 Å². The number of aryl methyl sites for hydroxylation is 1. The summed E-state index contributed by atoms with van der Waals surface area (Å²) in [5.41, 5.74) is 14.0. The Hall–Kier alpha value is -6.90. The summed E-state index contributed by atoms with van der Waals surface area (Å²) < 4.78 is 2.44. The van der Waals surface area contributed by atoms with Gasteiger partial charge in [-0.15, -0.1) is 0 Å². The number of fused-ring (bicyclic) bond motifs is 5. The highest BCUT2D eigenvalue weighted by Gasteiger charge is 2.18. The van der Waals surface area contributed by atoms with Gasteiger partial charge in [0.15, 0.2) is 0 Å². The fourth-order valence-corrected chi connectivity index (χ4v) is 7.62. The number of anilines is 3. The van der Waals surface area contributed by atoms with Gasteiger partial charge in [-0.25, -0.2) is 0 Å². The predicted molar refractivity (Wildman–Crippen MR) is 228 cm³/mol. The normalized spacial score (nSPS) is 11.5. The van der Waals surface area contributed by atoms with Gasteiger partial charge in [-0.2, -0.15) is 0 Å². The van der Waals surface area contributed by atoms with E-state index >= 15 is 0 Å². The Balaban J connectivity index is 1.19. The molecule has 0 fully saturated rings. The van der Waals surface area contributed by atoms with Crippen LogP contribution >= 0.6 is 0 Å². The van der Waals surface area contributed by atoms with Crippen molar-refractivity contribution in [3.63, 3.8) is 0 Å². The van der Waals surface area contributed by atoms with Crippen LogP contribution in [0.1, 0.15) is 11.1 Å². The Kier molecular flexibility index (Phi) is 8.26. The highest BCUT2D eigenvalue weighted by molar-refractivity contribution is 6.18. The largest absolute Gasteiger partial charge is 0.310 e. The average molecular weight is 679 g/mol. The molecule has 0 bridgehead atoms. The smallest absolute Gasteiger partial charge is 0.0619 e. The van der Waals surface area contributed by atoms with E-state index in [0.29, 0.717) is 0 Å². The van der Waals surface area contributed by atoms with Crippen molar-refractivity contribution in [2.75, 3.05) is 4.90 Å². The van der Waals surface area contributed by atoms with Crippen molar-refractivity contribution >= 4 is 55.7 Å². The van der Waals surface area contributed by atoms with Crippen LogP contribution in [0.15, 0.2) is 201 Å². The minimum Gasteiger partial charge on any atom is -0.310 e. The zero-order chi connectivity index (χ0) is 35.7. The molecule has 0 aliphatic heterocycles. The monoisotopic (exact) mass is 678 g/mol. The zero-order valence-corrected chi connectivity index (χ0v) is 29.7. The summed E-state index contributed by atoms with van der Waals surface area (Å²) in [7, 11) is 0. The van der Waals surface area contributed by atoms with Crippen LogP contribution in [0.4, 0.5) is 17.1 Å². The quantitative estimate of drug-likeness (QED) is 0.145. The van der Waals surface area contributed by atoms with Crippen LogP contribution in [-0.4, -0.2) is 4.57 Å². The fraction of sp³-hybridized carbons (Fsp3) is 0.0196. The molecule has 0 saturated carbocycles. The highest BCUT2D eigenvalue weighted by atomic mass is 15.1. The summed E-state index contributed by atoms with van der Waals surface area (Å²) in [4.78, 5) is 2.36. The van der Waals surface area contributed by atoms with Crippen molar-refractivity contribution in [1.29, 1.82) is 0 Å². The van der Waals surface area contributed by atoms with Gasteiger partial charge in [0.05, 0.1) is 11.0 Å². The third-order valence-corrected chi connectivity index (χ3v) is 10.3. The molecule has 2 heteroatoms. The van der Waals surface area contributed by atoms with Gasteiger partial charge in [0.2, 0.25) is 0 Å². The first-order valence-corrected chi connectivity index (χ1v) is 18.1. The van der Waals surface area contributed by atoms with Gasteiger partial charge < -0.3 is 9.47 Å². The number of aromatic nitrogens is 1. The molecule has 0 saturated heterocycles. The summed E-state index contributed by atoms with van der Waals surface area (Å²) in [6.07, 6.45) is 5.93. The van der Waals surface area contributed by atoms with Gasteiger partial charge in [-0.1, -0.05) is 152 Å². The van der Waals surface area contributed by atoms with E-state index in [1.54, 1.807) is 0 Å². The first kappa shape index (κ1) is 32.0. The minimum absolute atomic E-state index is 1.08. The molecule has 0 amide bonds. The van der Waals surface area contributed by atoms with E-state index in [2.05, 4.69) is 211 Å². The molecule has 0 aliphatic rings. The Morgan fingerprint density at radius 1 is 0.491 bits per heavy atom. The van der Waals surface area contributed by atoms with E-state index in [0.717, 1.165) is 22.7 Å². The third kappa shape index (κ3) is 5.91. The van der Waals surface area contributed by atoms with Gasteiger partial charge in [-0.05, 0) is 100 Å². The second-order valence-electron chi connectivity index (χ2n) is 13.5. The zero-order valence-electron chi connectivity index (χ0n) is 29.7. The maximum Gasteiger partial charge on any atom is 0.0619 e. The second-order valence-corrected chi connectivity index (χ2v) is 13.5. The van der Waals surface area contributed by atoms with Crippen LogP contribution in [0.25, 0.3) is 66.6 Å². The first-order chi connectivity index (χ1) is 26.2. The predicted octanol–water partition coefficient (Wildman–Crippen LogP) is 14.2. The third-order valence-electron chi connectivity index (χ3n) is 10.3. The van der Waals surface area contributed by atoms with E-state index in [1.807, 2.05) is 12.2 Å². The average Bonchev–Trinajstić information content (AvgIpc) is 3.57.